The maximum atomic E-state index is 10.8. The second-order valence-electron chi connectivity index (χ2n) is 5.32. The van der Waals surface area contributed by atoms with Crippen LogP contribution >= 0.6 is 0 Å². The third kappa shape index (κ3) is 4.97. The summed E-state index contributed by atoms with van der Waals surface area (Å²) >= 11 is 0. The lowest BCUT2D eigenvalue weighted by Gasteiger charge is -2.24. The van der Waals surface area contributed by atoms with Crippen LogP contribution in [0, 0.1) is 11.8 Å². The smallest absolute Gasteiger partial charge is 0.307 e. The van der Waals surface area contributed by atoms with Crippen molar-refractivity contribution in [2.45, 2.75) is 45.4 Å². The molecule has 0 spiro atoms. The van der Waals surface area contributed by atoms with Gasteiger partial charge in [0.05, 0.1) is 5.92 Å². The van der Waals surface area contributed by atoms with Crippen molar-refractivity contribution in [3.8, 4) is 0 Å². The largest absolute Gasteiger partial charge is 0.481 e. The first-order chi connectivity index (χ1) is 7.59. The van der Waals surface area contributed by atoms with E-state index in [-0.39, 0.29) is 5.92 Å². The second kappa shape index (κ2) is 6.89. The molecule has 1 unspecified atom stereocenters. The zero-order chi connectivity index (χ0) is 12.0. The number of nitrogens with zero attached hydrogens (tertiary/aromatic N) is 1. The Morgan fingerprint density at radius 1 is 1.31 bits per heavy atom. The first-order valence-corrected chi connectivity index (χ1v) is 6.51. The van der Waals surface area contributed by atoms with Crippen LogP contribution in [0.5, 0.6) is 0 Å². The summed E-state index contributed by atoms with van der Waals surface area (Å²) in [5.74, 6) is -0.156. The first kappa shape index (κ1) is 13.5. The van der Waals surface area contributed by atoms with Crippen LogP contribution in [0.25, 0.3) is 0 Å². The summed E-state index contributed by atoms with van der Waals surface area (Å²) in [6.45, 7) is 3.52. The van der Waals surface area contributed by atoms with Gasteiger partial charge in [-0.2, -0.15) is 0 Å². The molecule has 1 rings (SSSR count). The zero-order valence-corrected chi connectivity index (χ0v) is 10.6. The molecule has 94 valence electrons. The van der Waals surface area contributed by atoms with Gasteiger partial charge >= 0.3 is 5.97 Å². The molecule has 0 bridgehead atoms. The second-order valence-corrected chi connectivity index (χ2v) is 5.32. The Hall–Kier alpha value is -0.570. The van der Waals surface area contributed by atoms with Gasteiger partial charge in [-0.3, -0.25) is 4.79 Å². The van der Waals surface area contributed by atoms with Crippen LogP contribution in [0.15, 0.2) is 0 Å². The van der Waals surface area contributed by atoms with Crippen LogP contribution in [0.1, 0.15) is 45.4 Å². The zero-order valence-electron chi connectivity index (χ0n) is 10.6. The van der Waals surface area contributed by atoms with Crippen molar-refractivity contribution >= 4 is 5.97 Å². The van der Waals surface area contributed by atoms with E-state index in [1.165, 1.54) is 38.5 Å². The van der Waals surface area contributed by atoms with E-state index in [1.807, 2.05) is 7.05 Å². The molecule has 0 aromatic heterocycles. The Morgan fingerprint density at radius 3 is 2.38 bits per heavy atom. The van der Waals surface area contributed by atoms with E-state index < -0.39 is 5.97 Å². The molecule has 1 saturated carbocycles. The number of aliphatic carboxylic acids is 1. The topological polar surface area (TPSA) is 40.5 Å². The third-order valence-electron chi connectivity index (χ3n) is 3.55. The minimum atomic E-state index is -0.687. The fraction of sp³-hybridized carbons (Fsp3) is 0.923. The molecule has 1 aliphatic carbocycles. The van der Waals surface area contributed by atoms with Gasteiger partial charge in [-0.25, -0.2) is 0 Å². The Kier molecular flexibility index (Phi) is 5.81. The van der Waals surface area contributed by atoms with Crippen molar-refractivity contribution in [2.24, 2.45) is 11.8 Å². The van der Waals surface area contributed by atoms with Crippen molar-refractivity contribution in [3.63, 3.8) is 0 Å². The van der Waals surface area contributed by atoms with Gasteiger partial charge in [-0.15, -0.1) is 0 Å². The Balaban J connectivity index is 2.26. The third-order valence-corrected chi connectivity index (χ3v) is 3.55. The number of carbonyl (C=O) groups is 1. The van der Waals surface area contributed by atoms with Gasteiger partial charge in [0.1, 0.15) is 0 Å². The molecule has 0 amide bonds. The lowest BCUT2D eigenvalue weighted by atomic mass is 9.99. The van der Waals surface area contributed by atoms with Crippen LogP contribution in [-0.4, -0.2) is 36.1 Å². The van der Waals surface area contributed by atoms with Gasteiger partial charge in [0.25, 0.3) is 0 Å². The highest BCUT2D eigenvalue weighted by atomic mass is 16.4. The number of rotatable bonds is 5. The van der Waals surface area contributed by atoms with Crippen molar-refractivity contribution in [3.05, 3.63) is 0 Å². The van der Waals surface area contributed by atoms with E-state index >= 15 is 0 Å². The monoisotopic (exact) mass is 227 g/mol. The van der Waals surface area contributed by atoms with Crippen LogP contribution in [0.4, 0.5) is 0 Å². The van der Waals surface area contributed by atoms with E-state index in [0.717, 1.165) is 12.5 Å². The highest BCUT2D eigenvalue weighted by molar-refractivity contribution is 5.69. The number of carboxylic acids is 1. The van der Waals surface area contributed by atoms with Crippen LogP contribution in [0.3, 0.4) is 0 Å². The van der Waals surface area contributed by atoms with Gasteiger partial charge < -0.3 is 10.0 Å². The summed E-state index contributed by atoms with van der Waals surface area (Å²) in [5.41, 5.74) is 0. The molecule has 0 radical (unpaired) electrons. The highest BCUT2D eigenvalue weighted by Gasteiger charge is 2.18. The average Bonchev–Trinajstić information content (AvgIpc) is 2.45. The molecule has 1 atom stereocenters. The molecule has 16 heavy (non-hydrogen) atoms. The maximum Gasteiger partial charge on any atom is 0.307 e. The maximum absolute atomic E-state index is 10.8. The van der Waals surface area contributed by atoms with Crippen LogP contribution in [0.2, 0.25) is 0 Å². The molecule has 0 aromatic carbocycles. The highest BCUT2D eigenvalue weighted by Crippen LogP contribution is 2.23. The molecular weight excluding hydrogens is 202 g/mol. The molecule has 1 aliphatic rings. The van der Waals surface area contributed by atoms with Crippen molar-refractivity contribution in [2.75, 3.05) is 20.1 Å². The molecular formula is C13H25NO2. The van der Waals surface area contributed by atoms with E-state index in [2.05, 4.69) is 4.90 Å². The van der Waals surface area contributed by atoms with Crippen LogP contribution in [-0.2, 0) is 4.79 Å². The Bertz CT molecular complexity index is 210. The van der Waals surface area contributed by atoms with E-state index in [4.69, 9.17) is 5.11 Å². The summed E-state index contributed by atoms with van der Waals surface area (Å²) in [7, 11) is 2.05. The molecule has 1 fully saturated rings. The average molecular weight is 227 g/mol. The van der Waals surface area contributed by atoms with Gasteiger partial charge in [-0.1, -0.05) is 32.6 Å². The lowest BCUT2D eigenvalue weighted by Crippen LogP contribution is -2.32. The van der Waals surface area contributed by atoms with Crippen molar-refractivity contribution < 1.29 is 9.90 Å². The van der Waals surface area contributed by atoms with Crippen LogP contribution < -0.4 is 0 Å². The summed E-state index contributed by atoms with van der Waals surface area (Å²) in [6.07, 6.45) is 8.12. The van der Waals surface area contributed by atoms with E-state index in [0.29, 0.717) is 6.54 Å². The quantitative estimate of drug-likeness (QED) is 0.734. The molecule has 0 heterocycles. The van der Waals surface area contributed by atoms with E-state index in [9.17, 15) is 4.79 Å². The first-order valence-electron chi connectivity index (χ1n) is 6.51. The normalized spacial score (nSPS) is 20.7. The predicted octanol–water partition coefficient (Wildman–Crippen LogP) is 2.61. The Labute approximate surface area is 98.8 Å². The summed E-state index contributed by atoms with van der Waals surface area (Å²) < 4.78 is 0. The van der Waals surface area contributed by atoms with Gasteiger partial charge in [0.15, 0.2) is 0 Å². The summed E-state index contributed by atoms with van der Waals surface area (Å²) in [4.78, 5) is 12.9. The fourth-order valence-corrected chi connectivity index (χ4v) is 2.61. The Morgan fingerprint density at radius 2 is 1.88 bits per heavy atom. The SMILES string of the molecule is CC(CN(C)CC1CCCCCC1)C(=O)O. The minimum Gasteiger partial charge on any atom is -0.481 e. The molecule has 0 saturated heterocycles. The fourth-order valence-electron chi connectivity index (χ4n) is 2.61. The van der Waals surface area contributed by atoms with Crippen molar-refractivity contribution in [1.82, 2.24) is 4.90 Å². The number of carboxylic acid groups (broad SMARTS) is 1. The number of hydrogen-bond acceptors (Lipinski definition) is 2. The lowest BCUT2D eigenvalue weighted by molar-refractivity contribution is -0.141. The number of hydrogen-bond donors (Lipinski definition) is 1. The van der Waals surface area contributed by atoms with Gasteiger partial charge in [-0.05, 0) is 25.8 Å². The molecule has 0 aromatic rings. The summed E-state index contributed by atoms with van der Waals surface area (Å²) in [6, 6.07) is 0. The molecule has 0 aliphatic heterocycles. The van der Waals surface area contributed by atoms with Gasteiger partial charge in [0.2, 0.25) is 0 Å². The molecule has 1 N–H and O–H groups in total. The standard InChI is InChI=1S/C13H25NO2/c1-11(13(15)16)9-14(2)10-12-7-5-3-4-6-8-12/h11-12H,3-10H2,1-2H3,(H,15,16). The predicted molar refractivity (Wildman–Crippen MR) is 65.5 cm³/mol. The van der Waals surface area contributed by atoms with E-state index in [1.54, 1.807) is 6.92 Å². The molecule has 3 heteroatoms. The minimum absolute atomic E-state index is 0.254. The van der Waals surface area contributed by atoms with Crippen molar-refractivity contribution in [1.29, 1.82) is 0 Å². The van der Waals surface area contributed by atoms with Gasteiger partial charge in [0, 0.05) is 13.1 Å². The molecule has 3 nitrogen and oxygen atoms in total. The summed E-state index contributed by atoms with van der Waals surface area (Å²) in [5, 5.41) is 8.86.